The first-order valence-electron chi connectivity index (χ1n) is 9.67. The number of rotatable bonds is 7. The Bertz CT molecular complexity index is 1220. The summed E-state index contributed by atoms with van der Waals surface area (Å²) < 4.78 is 8.04. The molecule has 0 unspecified atom stereocenters. The Morgan fingerprint density at radius 1 is 1.26 bits per heavy atom. The molecule has 0 aliphatic carbocycles. The van der Waals surface area contributed by atoms with E-state index < -0.39 is 0 Å². The van der Waals surface area contributed by atoms with Crippen LogP contribution in [-0.4, -0.2) is 41.4 Å². The van der Waals surface area contributed by atoms with Crippen molar-refractivity contribution < 1.29 is 9.53 Å². The molecule has 0 bridgehead atoms. The minimum Gasteiger partial charge on any atom is -0.497 e. The maximum atomic E-state index is 12.4. The van der Waals surface area contributed by atoms with E-state index in [2.05, 4.69) is 10.4 Å². The standard InChI is InChI=1S/C22H22ClN5O2S/c1-14-20-21(28(26-14)17-7-9-18(30-3)10-8-17)25-22(31-20)27(2)13-19(29)24-12-15-5-4-6-16(23)11-15/h4-11H,12-13H2,1-3H3,(H,24,29). The quantitative estimate of drug-likeness (QED) is 0.452. The number of nitrogens with one attached hydrogen (secondary N) is 1. The summed E-state index contributed by atoms with van der Waals surface area (Å²) in [7, 11) is 3.50. The molecule has 160 valence electrons. The summed E-state index contributed by atoms with van der Waals surface area (Å²) in [6.45, 7) is 2.59. The molecule has 0 spiro atoms. The van der Waals surface area contributed by atoms with E-state index in [0.717, 1.165) is 38.2 Å². The zero-order valence-electron chi connectivity index (χ0n) is 17.4. The lowest BCUT2D eigenvalue weighted by molar-refractivity contribution is -0.119. The summed E-state index contributed by atoms with van der Waals surface area (Å²) in [4.78, 5) is 19.0. The van der Waals surface area contributed by atoms with E-state index in [1.54, 1.807) is 7.11 Å². The van der Waals surface area contributed by atoms with Crippen molar-refractivity contribution in [3.8, 4) is 11.4 Å². The number of nitrogens with zero attached hydrogens (tertiary/aromatic N) is 4. The van der Waals surface area contributed by atoms with Crippen molar-refractivity contribution in [3.63, 3.8) is 0 Å². The van der Waals surface area contributed by atoms with Crippen LogP contribution >= 0.6 is 22.9 Å². The Kier molecular flexibility index (Phi) is 6.11. The summed E-state index contributed by atoms with van der Waals surface area (Å²) in [6, 6.07) is 15.1. The minimum absolute atomic E-state index is 0.0877. The molecule has 4 aromatic rings. The van der Waals surface area contributed by atoms with Gasteiger partial charge in [-0.1, -0.05) is 35.1 Å². The first kappa shape index (κ1) is 21.1. The van der Waals surface area contributed by atoms with E-state index >= 15 is 0 Å². The Hall–Kier alpha value is -3.10. The van der Waals surface area contributed by atoms with Crippen LogP contribution < -0.4 is 15.0 Å². The van der Waals surface area contributed by atoms with Crippen molar-refractivity contribution in [2.24, 2.45) is 0 Å². The molecule has 31 heavy (non-hydrogen) atoms. The molecule has 0 saturated heterocycles. The van der Waals surface area contributed by atoms with Crippen LogP contribution in [0.2, 0.25) is 5.02 Å². The number of thiazole rings is 1. The highest BCUT2D eigenvalue weighted by atomic mass is 35.5. The van der Waals surface area contributed by atoms with E-state index in [1.807, 2.05) is 72.1 Å². The second-order valence-electron chi connectivity index (χ2n) is 7.11. The van der Waals surface area contributed by atoms with Crippen LogP contribution in [0.3, 0.4) is 0 Å². The molecule has 9 heteroatoms. The van der Waals surface area contributed by atoms with Crippen LogP contribution in [-0.2, 0) is 11.3 Å². The van der Waals surface area contributed by atoms with Crippen LogP contribution in [0.1, 0.15) is 11.3 Å². The number of hydrogen-bond donors (Lipinski definition) is 1. The van der Waals surface area contributed by atoms with E-state index in [0.29, 0.717) is 11.6 Å². The maximum Gasteiger partial charge on any atom is 0.239 e. The van der Waals surface area contributed by atoms with E-state index in [1.165, 1.54) is 11.3 Å². The summed E-state index contributed by atoms with van der Waals surface area (Å²) in [5.41, 5.74) is 3.53. The number of ether oxygens (including phenoxy) is 1. The van der Waals surface area contributed by atoms with Gasteiger partial charge in [-0.05, 0) is 48.9 Å². The molecule has 0 atom stereocenters. The van der Waals surface area contributed by atoms with Crippen LogP contribution in [0, 0.1) is 6.92 Å². The van der Waals surface area contributed by atoms with Crippen molar-refractivity contribution in [1.82, 2.24) is 20.1 Å². The average Bonchev–Trinajstić information content (AvgIpc) is 3.33. The van der Waals surface area contributed by atoms with Crippen LogP contribution in [0.4, 0.5) is 5.13 Å². The molecule has 0 fully saturated rings. The lowest BCUT2D eigenvalue weighted by Gasteiger charge is -2.15. The summed E-state index contributed by atoms with van der Waals surface area (Å²) in [6.07, 6.45) is 0. The SMILES string of the molecule is COc1ccc(-n2nc(C)c3sc(N(C)CC(=O)NCc4cccc(Cl)c4)nc32)cc1. The molecular formula is C22H22ClN5O2S. The predicted molar refractivity (Wildman–Crippen MR) is 125 cm³/mol. The average molecular weight is 456 g/mol. The molecule has 2 aromatic heterocycles. The number of methoxy groups -OCH3 is 1. The lowest BCUT2D eigenvalue weighted by Crippen LogP contribution is -2.34. The van der Waals surface area contributed by atoms with Gasteiger partial charge < -0.3 is 15.0 Å². The molecule has 1 N–H and O–H groups in total. The topological polar surface area (TPSA) is 72.3 Å². The van der Waals surface area contributed by atoms with Gasteiger partial charge in [-0.3, -0.25) is 4.79 Å². The normalized spacial score (nSPS) is 11.0. The van der Waals surface area contributed by atoms with Gasteiger partial charge >= 0.3 is 0 Å². The molecule has 0 aliphatic rings. The third-order valence-electron chi connectivity index (χ3n) is 4.78. The van der Waals surface area contributed by atoms with Gasteiger partial charge in [0.25, 0.3) is 0 Å². The van der Waals surface area contributed by atoms with E-state index in [4.69, 9.17) is 21.3 Å². The number of fused-ring (bicyclic) bond motifs is 1. The van der Waals surface area contributed by atoms with Crippen molar-refractivity contribution in [3.05, 3.63) is 64.8 Å². The number of likely N-dealkylation sites (N-methyl/N-ethyl adjacent to an activating group) is 1. The predicted octanol–water partition coefficient (Wildman–Crippen LogP) is 4.21. The van der Waals surface area contributed by atoms with Crippen LogP contribution in [0.15, 0.2) is 48.5 Å². The monoisotopic (exact) mass is 455 g/mol. The smallest absolute Gasteiger partial charge is 0.239 e. The fourth-order valence-electron chi connectivity index (χ4n) is 3.18. The van der Waals surface area contributed by atoms with Gasteiger partial charge in [0.15, 0.2) is 10.8 Å². The highest BCUT2D eigenvalue weighted by molar-refractivity contribution is 7.22. The first-order valence-corrected chi connectivity index (χ1v) is 10.9. The van der Waals surface area contributed by atoms with Gasteiger partial charge in [-0.2, -0.15) is 10.1 Å². The molecular weight excluding hydrogens is 434 g/mol. The van der Waals surface area contributed by atoms with Gasteiger partial charge in [0.05, 0.1) is 29.7 Å². The lowest BCUT2D eigenvalue weighted by atomic mass is 10.2. The fourth-order valence-corrected chi connectivity index (χ4v) is 4.34. The molecule has 2 heterocycles. The number of benzene rings is 2. The first-order chi connectivity index (χ1) is 14.9. The van der Waals surface area contributed by atoms with Gasteiger partial charge in [-0.25, -0.2) is 4.68 Å². The number of aromatic nitrogens is 3. The Morgan fingerprint density at radius 2 is 2.03 bits per heavy atom. The Labute approximate surface area is 189 Å². The van der Waals surface area contributed by atoms with Crippen molar-refractivity contribution in [2.75, 3.05) is 25.6 Å². The number of hydrogen-bond acceptors (Lipinski definition) is 6. The van der Waals surface area contributed by atoms with Crippen LogP contribution in [0.5, 0.6) is 5.75 Å². The fraction of sp³-hybridized carbons (Fsp3) is 0.227. The number of amides is 1. The number of carbonyl (C=O) groups excluding carboxylic acids is 1. The second kappa shape index (κ2) is 8.95. The molecule has 2 aromatic carbocycles. The van der Waals surface area contributed by atoms with E-state index in [-0.39, 0.29) is 12.5 Å². The molecule has 7 nitrogen and oxygen atoms in total. The van der Waals surface area contributed by atoms with Crippen LogP contribution in [0.25, 0.3) is 16.0 Å². The number of carbonyl (C=O) groups is 1. The number of anilines is 1. The molecule has 0 aliphatic heterocycles. The summed E-state index contributed by atoms with van der Waals surface area (Å²) >= 11 is 7.52. The van der Waals surface area contributed by atoms with Gasteiger partial charge in [0, 0.05) is 18.6 Å². The molecule has 0 radical (unpaired) electrons. The van der Waals surface area contributed by atoms with Gasteiger partial charge in [0.1, 0.15) is 5.75 Å². The Balaban J connectivity index is 1.48. The summed E-state index contributed by atoms with van der Waals surface area (Å²) in [5, 5.41) is 8.96. The van der Waals surface area contributed by atoms with Crippen molar-refractivity contribution in [1.29, 1.82) is 0 Å². The van der Waals surface area contributed by atoms with E-state index in [9.17, 15) is 4.79 Å². The van der Waals surface area contributed by atoms with Crippen molar-refractivity contribution >= 4 is 44.3 Å². The minimum atomic E-state index is -0.0877. The highest BCUT2D eigenvalue weighted by Crippen LogP contribution is 2.32. The van der Waals surface area contributed by atoms with Gasteiger partial charge in [0.2, 0.25) is 5.91 Å². The Morgan fingerprint density at radius 3 is 2.74 bits per heavy atom. The third-order valence-corrected chi connectivity index (χ3v) is 6.28. The highest BCUT2D eigenvalue weighted by Gasteiger charge is 2.18. The zero-order chi connectivity index (χ0) is 22.0. The third kappa shape index (κ3) is 4.65. The molecule has 0 saturated carbocycles. The summed E-state index contributed by atoms with van der Waals surface area (Å²) in [5.74, 6) is 0.696. The molecule has 4 rings (SSSR count). The van der Waals surface area contributed by atoms with Crippen molar-refractivity contribution in [2.45, 2.75) is 13.5 Å². The maximum absolute atomic E-state index is 12.4. The largest absolute Gasteiger partial charge is 0.497 e. The zero-order valence-corrected chi connectivity index (χ0v) is 19.0. The molecule has 1 amide bonds. The number of aryl methyl sites for hydroxylation is 1. The second-order valence-corrected chi connectivity index (χ2v) is 8.52. The number of halogens is 1. The van der Waals surface area contributed by atoms with Gasteiger partial charge in [-0.15, -0.1) is 0 Å².